The average Bonchev–Trinajstić information content (AvgIpc) is 3.05. The lowest BCUT2D eigenvalue weighted by Crippen LogP contribution is -2.23. The first-order valence-corrected chi connectivity index (χ1v) is 10.7. The monoisotopic (exact) mass is 427 g/mol. The molecule has 0 radical (unpaired) electrons. The maximum Gasteiger partial charge on any atom is 0.278 e. The fourth-order valence-electron chi connectivity index (χ4n) is 4.19. The first-order valence-electron chi connectivity index (χ1n) is 10.3. The van der Waals surface area contributed by atoms with Crippen LogP contribution in [0.25, 0.3) is 21.9 Å². The lowest BCUT2D eigenvalue weighted by atomic mass is 10.1. The summed E-state index contributed by atoms with van der Waals surface area (Å²) in [6.07, 6.45) is 1.63. The first-order chi connectivity index (χ1) is 15.0. The summed E-state index contributed by atoms with van der Waals surface area (Å²) in [5.41, 5.74) is 6.70. The Morgan fingerprint density at radius 3 is 2.52 bits per heavy atom. The van der Waals surface area contributed by atoms with E-state index < -0.39 is 0 Å². The Kier molecular flexibility index (Phi) is 4.87. The highest BCUT2D eigenvalue weighted by atomic mass is 35.5. The van der Waals surface area contributed by atoms with Crippen LogP contribution in [0.5, 0.6) is 0 Å². The Morgan fingerprint density at radius 1 is 0.903 bits per heavy atom. The fourth-order valence-corrected chi connectivity index (χ4v) is 4.39. The molecule has 0 unspecified atom stereocenters. The van der Waals surface area contributed by atoms with Gasteiger partial charge in [0.15, 0.2) is 0 Å². The number of rotatable bonds is 4. The van der Waals surface area contributed by atoms with E-state index >= 15 is 0 Å². The highest BCUT2D eigenvalue weighted by Gasteiger charge is 2.17. The number of nitrogens with zero attached hydrogens (tertiary/aromatic N) is 3. The van der Waals surface area contributed by atoms with Crippen molar-refractivity contribution >= 4 is 33.5 Å². The predicted octanol–water partition coefficient (Wildman–Crippen LogP) is 5.72. The third kappa shape index (κ3) is 3.53. The van der Waals surface area contributed by atoms with Crippen LogP contribution in [0.4, 0.5) is 0 Å². The second kappa shape index (κ2) is 7.71. The molecule has 0 spiro atoms. The molecule has 5 heteroatoms. The molecule has 0 bridgehead atoms. The van der Waals surface area contributed by atoms with Gasteiger partial charge in [-0.25, -0.2) is 4.98 Å². The van der Waals surface area contributed by atoms with Gasteiger partial charge in [0, 0.05) is 17.0 Å². The predicted molar refractivity (Wildman–Crippen MR) is 127 cm³/mol. The van der Waals surface area contributed by atoms with Crippen LogP contribution < -0.4 is 5.56 Å². The zero-order chi connectivity index (χ0) is 21.5. The van der Waals surface area contributed by atoms with Crippen molar-refractivity contribution in [2.75, 3.05) is 0 Å². The largest absolute Gasteiger partial charge is 0.330 e. The van der Waals surface area contributed by atoms with E-state index in [2.05, 4.69) is 60.9 Å². The maximum absolute atomic E-state index is 13.6. The third-order valence-corrected chi connectivity index (χ3v) is 6.07. The Morgan fingerprint density at radius 2 is 1.71 bits per heavy atom. The van der Waals surface area contributed by atoms with Crippen molar-refractivity contribution in [3.05, 3.63) is 111 Å². The van der Waals surface area contributed by atoms with E-state index in [1.54, 1.807) is 10.9 Å². The molecule has 2 heterocycles. The Balaban J connectivity index is 1.74. The van der Waals surface area contributed by atoms with Gasteiger partial charge in [-0.2, -0.15) is 0 Å². The Hall–Kier alpha value is -3.37. The summed E-state index contributed by atoms with van der Waals surface area (Å²) < 4.78 is 3.74. The number of aromatic nitrogens is 3. The quantitative estimate of drug-likeness (QED) is 0.368. The molecule has 0 N–H and O–H groups in total. The van der Waals surface area contributed by atoms with Gasteiger partial charge in [-0.1, -0.05) is 71.3 Å². The van der Waals surface area contributed by atoms with Gasteiger partial charge >= 0.3 is 0 Å². The molecule has 2 aromatic heterocycles. The van der Waals surface area contributed by atoms with Crippen LogP contribution in [0.2, 0.25) is 5.02 Å². The molecule has 0 saturated carbocycles. The third-order valence-electron chi connectivity index (χ3n) is 5.70. The number of hydrogen-bond donors (Lipinski definition) is 0. The average molecular weight is 428 g/mol. The van der Waals surface area contributed by atoms with Gasteiger partial charge in [0.05, 0.1) is 18.4 Å². The van der Waals surface area contributed by atoms with E-state index in [0.717, 1.165) is 33.1 Å². The van der Waals surface area contributed by atoms with Crippen LogP contribution >= 0.6 is 11.6 Å². The van der Waals surface area contributed by atoms with Gasteiger partial charge in [0.25, 0.3) is 5.56 Å². The summed E-state index contributed by atoms with van der Waals surface area (Å²) in [5, 5.41) is 1.65. The molecule has 0 amide bonds. The molecule has 0 aliphatic rings. The molecular weight excluding hydrogens is 406 g/mol. The zero-order valence-electron chi connectivity index (χ0n) is 17.5. The second-order valence-electron chi connectivity index (χ2n) is 8.06. The van der Waals surface area contributed by atoms with Crippen LogP contribution in [0, 0.1) is 13.8 Å². The Labute approximate surface area is 185 Å². The van der Waals surface area contributed by atoms with Crippen molar-refractivity contribution < 1.29 is 0 Å². The molecule has 4 nitrogen and oxygen atoms in total. The van der Waals surface area contributed by atoms with E-state index in [1.807, 2.05) is 24.3 Å². The molecular formula is C26H22ClN3O. The van der Waals surface area contributed by atoms with Gasteiger partial charge < -0.3 is 4.57 Å². The van der Waals surface area contributed by atoms with Gasteiger partial charge in [0.1, 0.15) is 11.0 Å². The van der Waals surface area contributed by atoms with Crippen molar-refractivity contribution in [3.8, 4) is 0 Å². The summed E-state index contributed by atoms with van der Waals surface area (Å²) >= 11 is 6.34. The first kappa shape index (κ1) is 19.6. The van der Waals surface area contributed by atoms with Crippen molar-refractivity contribution in [1.29, 1.82) is 0 Å². The lowest BCUT2D eigenvalue weighted by Gasteiger charge is -2.10. The number of hydrogen-bond acceptors (Lipinski definition) is 2. The van der Waals surface area contributed by atoms with Gasteiger partial charge in [-0.05, 0) is 43.2 Å². The lowest BCUT2D eigenvalue weighted by molar-refractivity contribution is 0.737. The summed E-state index contributed by atoms with van der Waals surface area (Å²) in [4.78, 5) is 18.4. The standard InChI is InChI=1S/C26H22ClN3O/c1-17-6-5-7-19(12-17)14-30-23-11-10-18(2)13-21(23)24-25(30)26(31)29(16-28-24)15-20-8-3-4-9-22(20)27/h3-13,16H,14-15H2,1-2H3. The molecule has 3 aromatic carbocycles. The van der Waals surface area contributed by atoms with E-state index in [9.17, 15) is 4.79 Å². The number of aryl methyl sites for hydroxylation is 2. The molecule has 0 aliphatic carbocycles. The van der Waals surface area contributed by atoms with E-state index in [4.69, 9.17) is 16.6 Å². The van der Waals surface area contributed by atoms with Crippen molar-refractivity contribution in [2.24, 2.45) is 0 Å². The summed E-state index contributed by atoms with van der Waals surface area (Å²) in [7, 11) is 0. The number of benzene rings is 3. The minimum absolute atomic E-state index is 0.0635. The number of halogens is 1. The molecule has 154 valence electrons. The fraction of sp³-hybridized carbons (Fsp3) is 0.154. The molecule has 0 aliphatic heterocycles. The molecule has 5 aromatic rings. The molecule has 0 fully saturated rings. The topological polar surface area (TPSA) is 39.8 Å². The normalized spacial score (nSPS) is 11.5. The minimum atomic E-state index is -0.0635. The molecule has 0 saturated heterocycles. The number of fused-ring (bicyclic) bond motifs is 3. The van der Waals surface area contributed by atoms with Crippen molar-refractivity contribution in [3.63, 3.8) is 0 Å². The smallest absolute Gasteiger partial charge is 0.278 e. The summed E-state index contributed by atoms with van der Waals surface area (Å²) in [5.74, 6) is 0. The highest BCUT2D eigenvalue weighted by Crippen LogP contribution is 2.27. The van der Waals surface area contributed by atoms with E-state index in [1.165, 1.54) is 5.56 Å². The van der Waals surface area contributed by atoms with Gasteiger partial charge in [0.2, 0.25) is 0 Å². The van der Waals surface area contributed by atoms with Crippen molar-refractivity contribution in [1.82, 2.24) is 14.1 Å². The SMILES string of the molecule is Cc1cccc(Cn2c3ccc(C)cc3c3ncn(Cc4ccccc4Cl)c(=O)c32)c1. The minimum Gasteiger partial charge on any atom is -0.330 e. The van der Waals surface area contributed by atoms with Crippen LogP contribution in [0.3, 0.4) is 0 Å². The van der Waals surface area contributed by atoms with Gasteiger partial charge in [-0.15, -0.1) is 0 Å². The Bertz CT molecular complexity index is 1500. The van der Waals surface area contributed by atoms with Gasteiger partial charge in [-0.3, -0.25) is 9.36 Å². The second-order valence-corrected chi connectivity index (χ2v) is 8.47. The zero-order valence-corrected chi connectivity index (χ0v) is 18.2. The molecule has 5 rings (SSSR count). The highest BCUT2D eigenvalue weighted by molar-refractivity contribution is 6.31. The molecule has 0 atom stereocenters. The van der Waals surface area contributed by atoms with Crippen LogP contribution in [0.15, 0.2) is 77.9 Å². The van der Waals surface area contributed by atoms with E-state index in [-0.39, 0.29) is 5.56 Å². The van der Waals surface area contributed by atoms with Crippen LogP contribution in [-0.4, -0.2) is 14.1 Å². The van der Waals surface area contributed by atoms with E-state index in [0.29, 0.717) is 23.6 Å². The summed E-state index contributed by atoms with van der Waals surface area (Å²) in [6, 6.07) is 22.2. The summed E-state index contributed by atoms with van der Waals surface area (Å²) in [6.45, 7) is 5.13. The molecule has 31 heavy (non-hydrogen) atoms. The van der Waals surface area contributed by atoms with Crippen LogP contribution in [-0.2, 0) is 13.1 Å². The van der Waals surface area contributed by atoms with Crippen molar-refractivity contribution in [2.45, 2.75) is 26.9 Å². The van der Waals surface area contributed by atoms with Crippen LogP contribution in [0.1, 0.15) is 22.3 Å². The maximum atomic E-state index is 13.6.